The van der Waals surface area contributed by atoms with Gasteiger partial charge >= 0.3 is 0 Å². The molecule has 0 radical (unpaired) electrons. The van der Waals surface area contributed by atoms with Crippen LogP contribution >= 0.6 is 22.9 Å². The topological polar surface area (TPSA) is 78.4 Å². The van der Waals surface area contributed by atoms with Crippen LogP contribution in [0, 0.1) is 11.2 Å². The summed E-state index contributed by atoms with van der Waals surface area (Å²) in [6, 6.07) is 3.64. The van der Waals surface area contributed by atoms with Crippen LogP contribution in [-0.4, -0.2) is 23.5 Å². The molecule has 2 aromatic rings. The smallest absolute Gasteiger partial charge is 0.263 e. The average Bonchev–Trinajstić information content (AvgIpc) is 2.98. The van der Waals surface area contributed by atoms with Crippen LogP contribution in [0.5, 0.6) is 5.75 Å². The molecule has 0 atom stereocenters. The van der Waals surface area contributed by atoms with Crippen LogP contribution in [0.3, 0.4) is 0 Å². The number of carbonyl (C=O) groups excluding carboxylic acids is 2. The zero-order valence-electron chi connectivity index (χ0n) is 14.7. The summed E-state index contributed by atoms with van der Waals surface area (Å²) in [4.78, 5) is 25.0. The highest BCUT2D eigenvalue weighted by atomic mass is 35.5. The molecule has 3 N–H and O–H groups in total. The van der Waals surface area contributed by atoms with Crippen molar-refractivity contribution in [3.05, 3.63) is 44.9 Å². The van der Waals surface area contributed by atoms with Gasteiger partial charge in [0.1, 0.15) is 4.88 Å². The zero-order valence-corrected chi connectivity index (χ0v) is 16.2. The van der Waals surface area contributed by atoms with Crippen molar-refractivity contribution in [3.8, 4) is 5.75 Å². The minimum absolute atomic E-state index is 0.0596. The second-order valence-corrected chi connectivity index (χ2v) is 8.30. The minimum Gasteiger partial charge on any atom is -0.504 e. The SMILES string of the molecule is CC(C)(C)CCNC(=O)c1sccc1NC(=O)c1cc(F)c(O)c(Cl)c1. The molecule has 0 saturated carbocycles. The number of phenolic OH excluding ortho intramolecular Hbond substituents is 1. The second kappa shape index (κ2) is 8.05. The monoisotopic (exact) mass is 398 g/mol. The molecule has 8 heteroatoms. The van der Waals surface area contributed by atoms with Crippen LogP contribution in [0.15, 0.2) is 23.6 Å². The van der Waals surface area contributed by atoms with Gasteiger partial charge in [-0.1, -0.05) is 32.4 Å². The fourth-order valence-electron chi connectivity index (χ4n) is 2.11. The van der Waals surface area contributed by atoms with Gasteiger partial charge in [-0.3, -0.25) is 9.59 Å². The first-order valence-corrected chi connectivity index (χ1v) is 9.19. The van der Waals surface area contributed by atoms with E-state index >= 15 is 0 Å². The van der Waals surface area contributed by atoms with Crippen molar-refractivity contribution in [2.24, 2.45) is 5.41 Å². The lowest BCUT2D eigenvalue weighted by molar-refractivity contribution is 0.0954. The Bertz CT molecular complexity index is 807. The number of anilines is 1. The predicted octanol–water partition coefficient (Wildman–Crippen LogP) is 4.66. The van der Waals surface area contributed by atoms with E-state index in [2.05, 4.69) is 31.4 Å². The summed E-state index contributed by atoms with van der Waals surface area (Å²) >= 11 is 6.88. The summed E-state index contributed by atoms with van der Waals surface area (Å²) in [6.45, 7) is 6.76. The Morgan fingerprint density at radius 2 is 1.96 bits per heavy atom. The molecule has 0 saturated heterocycles. The summed E-state index contributed by atoms with van der Waals surface area (Å²) in [5.41, 5.74) is 0.371. The zero-order chi connectivity index (χ0) is 19.5. The van der Waals surface area contributed by atoms with Crippen LogP contribution in [0.4, 0.5) is 10.1 Å². The summed E-state index contributed by atoms with van der Waals surface area (Å²) in [5.74, 6) is -2.62. The highest BCUT2D eigenvalue weighted by Gasteiger charge is 2.19. The molecule has 0 fully saturated rings. The molecule has 0 aliphatic rings. The number of hydrogen-bond acceptors (Lipinski definition) is 4. The Balaban J connectivity index is 2.08. The molecule has 1 aromatic heterocycles. The molecule has 5 nitrogen and oxygen atoms in total. The maximum atomic E-state index is 13.5. The minimum atomic E-state index is -0.992. The van der Waals surface area contributed by atoms with Crippen LogP contribution in [0.1, 0.15) is 47.2 Å². The number of amides is 2. The van der Waals surface area contributed by atoms with Gasteiger partial charge in [-0.2, -0.15) is 0 Å². The van der Waals surface area contributed by atoms with E-state index in [1.165, 1.54) is 11.3 Å². The standard InChI is InChI=1S/C18H20ClFN2O3S/c1-18(2,3)5-6-21-17(25)15-13(4-7-26-15)22-16(24)10-8-11(19)14(23)12(20)9-10/h4,7-9,23H,5-6H2,1-3H3,(H,21,25)(H,22,24). The molecule has 26 heavy (non-hydrogen) atoms. The molecule has 1 aromatic carbocycles. The van der Waals surface area contributed by atoms with Crippen molar-refractivity contribution in [3.63, 3.8) is 0 Å². The second-order valence-electron chi connectivity index (χ2n) is 6.97. The summed E-state index contributed by atoms with van der Waals surface area (Å²) in [7, 11) is 0. The van der Waals surface area contributed by atoms with E-state index in [1.54, 1.807) is 11.4 Å². The number of nitrogens with one attached hydrogen (secondary N) is 2. The van der Waals surface area contributed by atoms with Gasteiger partial charge in [0.2, 0.25) is 0 Å². The molecule has 0 bridgehead atoms. The Morgan fingerprint density at radius 1 is 1.27 bits per heavy atom. The van der Waals surface area contributed by atoms with Crippen molar-refractivity contribution < 1.29 is 19.1 Å². The predicted molar refractivity (Wildman–Crippen MR) is 102 cm³/mol. The number of thiophene rings is 1. The molecule has 0 aliphatic carbocycles. The molecule has 0 unspecified atom stereocenters. The first-order valence-electron chi connectivity index (χ1n) is 7.93. The van der Waals surface area contributed by atoms with Crippen molar-refractivity contribution in [1.29, 1.82) is 0 Å². The number of rotatable bonds is 5. The number of phenols is 1. The first-order chi connectivity index (χ1) is 12.1. The summed E-state index contributed by atoms with van der Waals surface area (Å²) in [5, 5.41) is 16.2. The maximum absolute atomic E-state index is 13.5. The Hall–Kier alpha value is -2.12. The van der Waals surface area contributed by atoms with E-state index in [1.807, 2.05) is 0 Å². The number of aromatic hydroxyl groups is 1. The average molecular weight is 399 g/mol. The molecule has 140 valence electrons. The first kappa shape index (κ1) is 20.2. The summed E-state index contributed by atoms with van der Waals surface area (Å²) in [6.07, 6.45) is 0.817. The van der Waals surface area contributed by atoms with E-state index in [-0.39, 0.29) is 21.9 Å². The largest absolute Gasteiger partial charge is 0.504 e. The molecule has 2 rings (SSSR count). The van der Waals surface area contributed by atoms with E-state index in [0.29, 0.717) is 17.1 Å². The van der Waals surface area contributed by atoms with E-state index in [4.69, 9.17) is 11.6 Å². The van der Waals surface area contributed by atoms with Gasteiger partial charge in [0.15, 0.2) is 11.6 Å². The maximum Gasteiger partial charge on any atom is 0.263 e. The van der Waals surface area contributed by atoms with Crippen molar-refractivity contribution in [1.82, 2.24) is 5.32 Å². The molecule has 2 amide bonds. The Kier molecular flexibility index (Phi) is 6.26. The van der Waals surface area contributed by atoms with Gasteiger partial charge in [0.05, 0.1) is 10.7 Å². The molecular weight excluding hydrogens is 379 g/mol. The highest BCUT2D eigenvalue weighted by molar-refractivity contribution is 7.12. The third-order valence-electron chi connectivity index (χ3n) is 3.56. The van der Waals surface area contributed by atoms with Gasteiger partial charge in [0, 0.05) is 12.1 Å². The number of carbonyl (C=O) groups is 2. The number of benzene rings is 1. The van der Waals surface area contributed by atoms with Gasteiger partial charge in [-0.25, -0.2) is 4.39 Å². The number of halogens is 2. The summed E-state index contributed by atoms with van der Waals surface area (Å²) < 4.78 is 13.5. The fourth-order valence-corrected chi connectivity index (χ4v) is 3.08. The quantitative estimate of drug-likeness (QED) is 0.685. The lowest BCUT2D eigenvalue weighted by Crippen LogP contribution is -2.27. The molecular formula is C18H20ClFN2O3S. The normalized spacial score (nSPS) is 11.3. The van der Waals surface area contributed by atoms with E-state index in [0.717, 1.165) is 18.6 Å². The van der Waals surface area contributed by atoms with Gasteiger partial charge in [0.25, 0.3) is 11.8 Å². The van der Waals surface area contributed by atoms with Gasteiger partial charge < -0.3 is 15.7 Å². The Morgan fingerprint density at radius 3 is 2.58 bits per heavy atom. The lowest BCUT2D eigenvalue weighted by atomic mass is 9.92. The third kappa shape index (κ3) is 5.19. The van der Waals surface area contributed by atoms with E-state index < -0.39 is 17.5 Å². The lowest BCUT2D eigenvalue weighted by Gasteiger charge is -2.18. The molecule has 0 spiro atoms. The van der Waals surface area contributed by atoms with Gasteiger partial charge in [-0.05, 0) is 35.4 Å². The van der Waals surface area contributed by atoms with Crippen molar-refractivity contribution >= 4 is 40.4 Å². The van der Waals surface area contributed by atoms with Crippen molar-refractivity contribution in [2.75, 3.05) is 11.9 Å². The Labute approximate surface area is 160 Å². The van der Waals surface area contributed by atoms with Crippen LogP contribution in [-0.2, 0) is 0 Å². The fraction of sp³-hybridized carbons (Fsp3) is 0.333. The van der Waals surface area contributed by atoms with Crippen LogP contribution in [0.25, 0.3) is 0 Å². The van der Waals surface area contributed by atoms with Crippen LogP contribution in [0.2, 0.25) is 5.02 Å². The van der Waals surface area contributed by atoms with Crippen molar-refractivity contribution in [2.45, 2.75) is 27.2 Å². The van der Waals surface area contributed by atoms with Crippen LogP contribution < -0.4 is 10.6 Å². The highest BCUT2D eigenvalue weighted by Crippen LogP contribution is 2.29. The molecule has 1 heterocycles. The van der Waals surface area contributed by atoms with E-state index in [9.17, 15) is 19.1 Å². The number of hydrogen-bond donors (Lipinski definition) is 3. The third-order valence-corrected chi connectivity index (χ3v) is 4.76. The molecule has 0 aliphatic heterocycles. The van der Waals surface area contributed by atoms with Gasteiger partial charge in [-0.15, -0.1) is 11.3 Å².